The number of hydrogen-bond acceptors (Lipinski definition) is 4. The van der Waals surface area contributed by atoms with Crippen molar-refractivity contribution >= 4 is 11.9 Å². The lowest BCUT2D eigenvalue weighted by atomic mass is 10.0. The summed E-state index contributed by atoms with van der Waals surface area (Å²) in [4.78, 5) is 24.0. The number of esters is 2. The minimum absolute atomic E-state index is 0.00292. The maximum Gasteiger partial charge on any atom is 0.314 e. The Morgan fingerprint density at radius 3 is 1.86 bits per heavy atom. The quantitative estimate of drug-likeness (QED) is 0.604. The molecule has 2 rings (SSSR count). The summed E-state index contributed by atoms with van der Waals surface area (Å²) in [7, 11) is 0. The van der Waals surface area contributed by atoms with Crippen LogP contribution in [0.15, 0.2) is 60.7 Å². The lowest BCUT2D eigenvalue weighted by molar-refractivity contribution is -0.145. The molecule has 0 N–H and O–H groups in total. The molecule has 0 aromatic heterocycles. The first-order valence-electron chi connectivity index (χ1n) is 7.21. The van der Waals surface area contributed by atoms with Crippen molar-refractivity contribution in [3.8, 4) is 11.5 Å². The molecule has 2 aromatic carbocycles. The summed E-state index contributed by atoms with van der Waals surface area (Å²) in [5.41, 5.74) is 0. The fourth-order valence-corrected chi connectivity index (χ4v) is 1.95. The number of benzene rings is 2. The van der Waals surface area contributed by atoms with Crippen LogP contribution in [0.1, 0.15) is 19.8 Å². The Hall–Kier alpha value is -2.62. The second-order valence-electron chi connectivity index (χ2n) is 4.83. The number of rotatable bonds is 6. The third kappa shape index (κ3) is 4.74. The van der Waals surface area contributed by atoms with Crippen molar-refractivity contribution in [3.63, 3.8) is 0 Å². The Morgan fingerprint density at radius 1 is 0.864 bits per heavy atom. The van der Waals surface area contributed by atoms with E-state index in [1.807, 2.05) is 19.1 Å². The normalized spacial score (nSPS) is 11.5. The molecule has 114 valence electrons. The Bertz CT molecular complexity index is 607. The van der Waals surface area contributed by atoms with Gasteiger partial charge in [-0.3, -0.25) is 9.59 Å². The van der Waals surface area contributed by atoms with Gasteiger partial charge in [-0.15, -0.1) is 0 Å². The van der Waals surface area contributed by atoms with E-state index in [4.69, 9.17) is 9.47 Å². The van der Waals surface area contributed by atoms with E-state index in [9.17, 15) is 9.59 Å². The van der Waals surface area contributed by atoms with Crippen LogP contribution in [0.3, 0.4) is 0 Å². The first-order valence-corrected chi connectivity index (χ1v) is 7.21. The average molecular weight is 298 g/mol. The Balaban J connectivity index is 1.91. The summed E-state index contributed by atoms with van der Waals surface area (Å²) in [5.74, 6) is -0.431. The molecule has 0 bridgehead atoms. The minimum atomic E-state index is -0.517. The highest BCUT2D eigenvalue weighted by Gasteiger charge is 2.23. The highest BCUT2D eigenvalue weighted by molar-refractivity contribution is 5.82. The lowest BCUT2D eigenvalue weighted by Crippen LogP contribution is -2.24. The van der Waals surface area contributed by atoms with Crippen LogP contribution in [0, 0.1) is 5.92 Å². The van der Waals surface area contributed by atoms with Crippen molar-refractivity contribution < 1.29 is 19.1 Å². The fourth-order valence-electron chi connectivity index (χ4n) is 1.95. The number of para-hydroxylation sites is 2. The van der Waals surface area contributed by atoms with Crippen LogP contribution < -0.4 is 9.47 Å². The van der Waals surface area contributed by atoms with Crippen molar-refractivity contribution in [3.05, 3.63) is 60.7 Å². The SMILES string of the molecule is CCC(CC(=O)Oc1ccccc1)C(=O)Oc1ccccc1. The number of ether oxygens (including phenoxy) is 2. The zero-order valence-corrected chi connectivity index (χ0v) is 12.4. The van der Waals surface area contributed by atoms with E-state index in [0.29, 0.717) is 17.9 Å². The van der Waals surface area contributed by atoms with E-state index in [-0.39, 0.29) is 6.42 Å². The van der Waals surface area contributed by atoms with Gasteiger partial charge in [0.1, 0.15) is 11.5 Å². The molecule has 0 amide bonds. The minimum Gasteiger partial charge on any atom is -0.427 e. The largest absolute Gasteiger partial charge is 0.427 e. The number of carbonyl (C=O) groups is 2. The summed E-state index contributed by atoms with van der Waals surface area (Å²) < 4.78 is 10.5. The van der Waals surface area contributed by atoms with Crippen LogP contribution in [-0.2, 0) is 9.59 Å². The Morgan fingerprint density at radius 2 is 1.36 bits per heavy atom. The van der Waals surface area contributed by atoms with Crippen molar-refractivity contribution in [1.29, 1.82) is 0 Å². The Labute approximate surface area is 129 Å². The van der Waals surface area contributed by atoms with Gasteiger partial charge in [-0.05, 0) is 30.7 Å². The van der Waals surface area contributed by atoms with Gasteiger partial charge in [0, 0.05) is 0 Å². The fraction of sp³-hybridized carbons (Fsp3) is 0.222. The lowest BCUT2D eigenvalue weighted by Gasteiger charge is -2.13. The Kier molecular flexibility index (Phi) is 5.72. The third-order valence-electron chi connectivity index (χ3n) is 3.18. The summed E-state index contributed by atoms with van der Waals surface area (Å²) in [6.07, 6.45) is 0.507. The van der Waals surface area contributed by atoms with Crippen molar-refractivity contribution in [2.45, 2.75) is 19.8 Å². The van der Waals surface area contributed by atoms with Gasteiger partial charge in [0.2, 0.25) is 0 Å². The zero-order chi connectivity index (χ0) is 15.8. The summed E-state index contributed by atoms with van der Waals surface area (Å²) in [6, 6.07) is 17.6. The van der Waals surface area contributed by atoms with E-state index in [1.54, 1.807) is 48.5 Å². The summed E-state index contributed by atoms with van der Waals surface area (Å²) in [5, 5.41) is 0. The van der Waals surface area contributed by atoms with Crippen LogP contribution >= 0.6 is 0 Å². The third-order valence-corrected chi connectivity index (χ3v) is 3.18. The van der Waals surface area contributed by atoms with Crippen LogP contribution in [0.25, 0.3) is 0 Å². The van der Waals surface area contributed by atoms with E-state index in [1.165, 1.54) is 0 Å². The smallest absolute Gasteiger partial charge is 0.314 e. The molecule has 0 aliphatic carbocycles. The monoisotopic (exact) mass is 298 g/mol. The molecule has 0 aliphatic rings. The van der Waals surface area contributed by atoms with Gasteiger partial charge in [-0.2, -0.15) is 0 Å². The van der Waals surface area contributed by atoms with E-state index < -0.39 is 17.9 Å². The van der Waals surface area contributed by atoms with Crippen LogP contribution in [0.2, 0.25) is 0 Å². The molecular weight excluding hydrogens is 280 g/mol. The number of carbonyl (C=O) groups excluding carboxylic acids is 2. The molecule has 0 heterocycles. The van der Waals surface area contributed by atoms with Gasteiger partial charge in [0.15, 0.2) is 0 Å². The van der Waals surface area contributed by atoms with E-state index >= 15 is 0 Å². The first-order chi connectivity index (χ1) is 10.7. The van der Waals surface area contributed by atoms with Gasteiger partial charge in [-0.1, -0.05) is 43.3 Å². The highest BCUT2D eigenvalue weighted by atomic mass is 16.5. The molecule has 0 saturated carbocycles. The van der Waals surface area contributed by atoms with Gasteiger partial charge in [-0.25, -0.2) is 0 Å². The van der Waals surface area contributed by atoms with Crippen LogP contribution in [-0.4, -0.2) is 11.9 Å². The first kappa shape index (κ1) is 15.8. The van der Waals surface area contributed by atoms with E-state index in [0.717, 1.165) is 0 Å². The maximum atomic E-state index is 12.1. The molecule has 0 aliphatic heterocycles. The van der Waals surface area contributed by atoms with Crippen LogP contribution in [0.5, 0.6) is 11.5 Å². The molecule has 0 radical (unpaired) electrons. The second kappa shape index (κ2) is 7.98. The van der Waals surface area contributed by atoms with Gasteiger partial charge < -0.3 is 9.47 Å². The molecule has 0 saturated heterocycles. The topological polar surface area (TPSA) is 52.6 Å². The predicted octanol–water partition coefficient (Wildman–Crippen LogP) is 3.61. The van der Waals surface area contributed by atoms with Gasteiger partial charge in [0.25, 0.3) is 0 Å². The predicted molar refractivity (Wildman–Crippen MR) is 82.6 cm³/mol. The molecule has 22 heavy (non-hydrogen) atoms. The summed E-state index contributed by atoms with van der Waals surface area (Å²) >= 11 is 0. The second-order valence-corrected chi connectivity index (χ2v) is 4.83. The van der Waals surface area contributed by atoms with E-state index in [2.05, 4.69) is 0 Å². The molecule has 0 fully saturated rings. The standard InChI is InChI=1S/C18H18O4/c1-2-14(18(20)22-16-11-7-4-8-12-16)13-17(19)21-15-9-5-3-6-10-15/h3-12,14H,2,13H2,1H3. The van der Waals surface area contributed by atoms with Crippen LogP contribution in [0.4, 0.5) is 0 Å². The van der Waals surface area contributed by atoms with Crippen molar-refractivity contribution in [2.24, 2.45) is 5.92 Å². The van der Waals surface area contributed by atoms with Crippen molar-refractivity contribution in [2.75, 3.05) is 0 Å². The molecule has 1 atom stereocenters. The maximum absolute atomic E-state index is 12.1. The molecular formula is C18H18O4. The molecule has 2 aromatic rings. The molecule has 4 heteroatoms. The molecule has 4 nitrogen and oxygen atoms in total. The average Bonchev–Trinajstić information content (AvgIpc) is 2.54. The van der Waals surface area contributed by atoms with Gasteiger partial charge >= 0.3 is 11.9 Å². The number of hydrogen-bond donors (Lipinski definition) is 0. The zero-order valence-electron chi connectivity index (χ0n) is 12.4. The molecule has 0 spiro atoms. The van der Waals surface area contributed by atoms with Crippen molar-refractivity contribution in [1.82, 2.24) is 0 Å². The highest BCUT2D eigenvalue weighted by Crippen LogP contribution is 2.17. The van der Waals surface area contributed by atoms with Gasteiger partial charge in [0.05, 0.1) is 12.3 Å². The summed E-state index contributed by atoms with van der Waals surface area (Å²) in [6.45, 7) is 1.84. The molecule has 1 unspecified atom stereocenters.